The normalized spacial score (nSPS) is 12.6. The smallest absolute Gasteiger partial charge is 0.131 e. The van der Waals surface area contributed by atoms with Crippen molar-refractivity contribution in [2.24, 2.45) is 5.73 Å². The van der Waals surface area contributed by atoms with E-state index in [9.17, 15) is 4.39 Å². The number of rotatable bonds is 2. The average molecular weight is 320 g/mol. The second-order valence-electron chi connectivity index (χ2n) is 4.80. The first-order chi connectivity index (χ1) is 10.1. The largest absolute Gasteiger partial charge is 0.320 e. The van der Waals surface area contributed by atoms with E-state index in [1.54, 1.807) is 30.3 Å². The molecule has 0 amide bonds. The van der Waals surface area contributed by atoms with Crippen molar-refractivity contribution < 1.29 is 4.39 Å². The van der Waals surface area contributed by atoms with E-state index in [-0.39, 0.29) is 5.82 Å². The van der Waals surface area contributed by atoms with Crippen molar-refractivity contribution in [1.82, 2.24) is 0 Å². The van der Waals surface area contributed by atoms with Crippen LogP contribution in [0.25, 0.3) is 10.8 Å². The maximum Gasteiger partial charge on any atom is 0.131 e. The summed E-state index contributed by atoms with van der Waals surface area (Å²) >= 11 is 12.3. The molecule has 1 nitrogen and oxygen atoms in total. The van der Waals surface area contributed by atoms with E-state index >= 15 is 0 Å². The summed E-state index contributed by atoms with van der Waals surface area (Å²) in [6.45, 7) is 0. The minimum atomic E-state index is -0.471. The maximum absolute atomic E-state index is 13.9. The van der Waals surface area contributed by atoms with Crippen molar-refractivity contribution in [3.05, 3.63) is 81.6 Å². The first kappa shape index (κ1) is 14.3. The van der Waals surface area contributed by atoms with Crippen LogP contribution >= 0.6 is 23.2 Å². The van der Waals surface area contributed by atoms with Gasteiger partial charge >= 0.3 is 0 Å². The van der Waals surface area contributed by atoms with E-state index in [4.69, 9.17) is 28.9 Å². The monoisotopic (exact) mass is 319 g/mol. The first-order valence-electron chi connectivity index (χ1n) is 6.46. The lowest BCUT2D eigenvalue weighted by Gasteiger charge is -2.17. The van der Waals surface area contributed by atoms with E-state index in [0.717, 1.165) is 16.5 Å². The third-order valence-electron chi connectivity index (χ3n) is 3.56. The lowest BCUT2D eigenvalue weighted by molar-refractivity contribution is 0.639. The topological polar surface area (TPSA) is 26.0 Å². The second-order valence-corrected chi connectivity index (χ2v) is 5.59. The van der Waals surface area contributed by atoms with E-state index in [0.29, 0.717) is 15.4 Å². The van der Waals surface area contributed by atoms with Gasteiger partial charge in [-0.1, -0.05) is 65.7 Å². The van der Waals surface area contributed by atoms with E-state index in [1.807, 2.05) is 18.2 Å². The molecular formula is C17H12Cl2FN. The maximum atomic E-state index is 13.9. The minimum absolute atomic E-state index is 0.265. The standard InChI is InChI=1S/C17H12Cl2FN/c18-14-7-3-6-13(16(14)19)17(21)12-8-9-15(20)11-5-2-1-4-10(11)12/h1-9,17H,21H2. The number of nitrogens with two attached hydrogens (primary N) is 1. The highest BCUT2D eigenvalue weighted by molar-refractivity contribution is 6.42. The Morgan fingerprint density at radius 2 is 1.52 bits per heavy atom. The van der Waals surface area contributed by atoms with Gasteiger partial charge in [0.15, 0.2) is 0 Å². The second kappa shape index (κ2) is 5.64. The van der Waals surface area contributed by atoms with Crippen molar-refractivity contribution in [3.63, 3.8) is 0 Å². The number of halogens is 3. The summed E-state index contributed by atoms with van der Waals surface area (Å²) in [7, 11) is 0. The fourth-order valence-corrected chi connectivity index (χ4v) is 2.91. The van der Waals surface area contributed by atoms with Crippen molar-refractivity contribution in [2.45, 2.75) is 6.04 Å². The van der Waals surface area contributed by atoms with Gasteiger partial charge in [-0.15, -0.1) is 0 Å². The van der Waals surface area contributed by atoms with Crippen LogP contribution in [0.15, 0.2) is 54.6 Å². The van der Waals surface area contributed by atoms with E-state index in [2.05, 4.69) is 0 Å². The van der Waals surface area contributed by atoms with Crippen LogP contribution in [0, 0.1) is 5.82 Å². The molecule has 0 heterocycles. The highest BCUT2D eigenvalue weighted by Gasteiger charge is 2.17. The van der Waals surface area contributed by atoms with E-state index in [1.165, 1.54) is 6.07 Å². The molecule has 4 heteroatoms. The molecule has 0 saturated heterocycles. The summed E-state index contributed by atoms with van der Waals surface area (Å²) in [5.74, 6) is -0.265. The molecule has 0 aromatic heterocycles. The zero-order chi connectivity index (χ0) is 15.0. The van der Waals surface area contributed by atoms with Gasteiger partial charge in [0.2, 0.25) is 0 Å². The molecule has 3 aromatic rings. The van der Waals surface area contributed by atoms with Crippen LogP contribution in [-0.2, 0) is 0 Å². The molecular weight excluding hydrogens is 308 g/mol. The SMILES string of the molecule is NC(c1cccc(Cl)c1Cl)c1ccc(F)c2ccccc12. The summed E-state index contributed by atoms with van der Waals surface area (Å²) in [6, 6.07) is 15.2. The van der Waals surface area contributed by atoms with Crippen molar-refractivity contribution in [2.75, 3.05) is 0 Å². The van der Waals surface area contributed by atoms with Crippen LogP contribution in [0.1, 0.15) is 17.2 Å². The summed E-state index contributed by atoms with van der Waals surface area (Å²) in [4.78, 5) is 0. The van der Waals surface area contributed by atoms with Gasteiger partial charge in [0.1, 0.15) is 5.82 Å². The Bertz CT molecular complexity index is 817. The van der Waals surface area contributed by atoms with Crippen LogP contribution in [-0.4, -0.2) is 0 Å². The Morgan fingerprint density at radius 1 is 0.810 bits per heavy atom. The van der Waals surface area contributed by atoms with Gasteiger partial charge in [0, 0.05) is 5.39 Å². The Morgan fingerprint density at radius 3 is 2.29 bits per heavy atom. The molecule has 106 valence electrons. The number of hydrogen-bond acceptors (Lipinski definition) is 1. The highest BCUT2D eigenvalue weighted by Crippen LogP contribution is 2.34. The lowest BCUT2D eigenvalue weighted by Crippen LogP contribution is -2.13. The Hall–Kier alpha value is -1.61. The number of hydrogen-bond donors (Lipinski definition) is 1. The Balaban J connectivity index is 2.21. The molecule has 0 fully saturated rings. The van der Waals surface area contributed by atoms with Crippen LogP contribution in [0.3, 0.4) is 0 Å². The van der Waals surface area contributed by atoms with Crippen molar-refractivity contribution in [1.29, 1.82) is 0 Å². The van der Waals surface area contributed by atoms with Crippen LogP contribution < -0.4 is 5.73 Å². The third-order valence-corrected chi connectivity index (χ3v) is 4.39. The molecule has 0 bridgehead atoms. The summed E-state index contributed by atoms with van der Waals surface area (Å²) in [6.07, 6.45) is 0. The number of fused-ring (bicyclic) bond motifs is 1. The summed E-state index contributed by atoms with van der Waals surface area (Å²) in [5, 5.41) is 2.21. The minimum Gasteiger partial charge on any atom is -0.320 e. The molecule has 3 aromatic carbocycles. The summed E-state index contributed by atoms with van der Waals surface area (Å²) in [5.41, 5.74) is 7.88. The average Bonchev–Trinajstić information content (AvgIpc) is 2.50. The summed E-state index contributed by atoms with van der Waals surface area (Å²) < 4.78 is 13.9. The first-order valence-corrected chi connectivity index (χ1v) is 7.22. The predicted molar refractivity (Wildman–Crippen MR) is 86.4 cm³/mol. The quantitative estimate of drug-likeness (QED) is 0.678. The van der Waals surface area contributed by atoms with Gasteiger partial charge in [-0.2, -0.15) is 0 Å². The molecule has 3 rings (SSSR count). The molecule has 21 heavy (non-hydrogen) atoms. The van der Waals surface area contributed by atoms with Gasteiger partial charge in [-0.3, -0.25) is 0 Å². The molecule has 0 aliphatic rings. The van der Waals surface area contributed by atoms with Gasteiger partial charge in [-0.25, -0.2) is 4.39 Å². The number of benzene rings is 3. The fourth-order valence-electron chi connectivity index (χ4n) is 2.49. The lowest BCUT2D eigenvalue weighted by atomic mass is 9.94. The van der Waals surface area contributed by atoms with Gasteiger partial charge < -0.3 is 5.73 Å². The van der Waals surface area contributed by atoms with Crippen LogP contribution in [0.4, 0.5) is 4.39 Å². The van der Waals surface area contributed by atoms with Crippen molar-refractivity contribution in [3.8, 4) is 0 Å². The molecule has 0 saturated carbocycles. The van der Waals surface area contributed by atoms with Gasteiger partial charge in [0.05, 0.1) is 16.1 Å². The molecule has 0 spiro atoms. The highest BCUT2D eigenvalue weighted by atomic mass is 35.5. The zero-order valence-electron chi connectivity index (χ0n) is 11.0. The molecule has 0 radical (unpaired) electrons. The van der Waals surface area contributed by atoms with Crippen LogP contribution in [0.2, 0.25) is 10.0 Å². The Labute approximate surface area is 132 Å². The van der Waals surface area contributed by atoms with Gasteiger partial charge in [0.25, 0.3) is 0 Å². The Kier molecular flexibility index (Phi) is 3.85. The van der Waals surface area contributed by atoms with Gasteiger partial charge in [-0.05, 0) is 28.6 Å². The molecule has 2 N–H and O–H groups in total. The van der Waals surface area contributed by atoms with Crippen LogP contribution in [0.5, 0.6) is 0 Å². The van der Waals surface area contributed by atoms with E-state index < -0.39 is 6.04 Å². The fraction of sp³-hybridized carbons (Fsp3) is 0.0588. The molecule has 1 atom stereocenters. The molecule has 0 aliphatic carbocycles. The third kappa shape index (κ3) is 2.51. The molecule has 1 unspecified atom stereocenters. The zero-order valence-corrected chi connectivity index (χ0v) is 12.5. The van der Waals surface area contributed by atoms with Crippen molar-refractivity contribution >= 4 is 34.0 Å². The molecule has 0 aliphatic heterocycles. The predicted octanol–water partition coefficient (Wildman–Crippen LogP) is 5.33.